The van der Waals surface area contributed by atoms with Crippen molar-refractivity contribution in [2.75, 3.05) is 19.7 Å². The summed E-state index contributed by atoms with van der Waals surface area (Å²) in [4.78, 5) is 14.4. The van der Waals surface area contributed by atoms with E-state index in [9.17, 15) is 4.79 Å². The molecule has 0 aromatic heterocycles. The first-order valence-electron chi connectivity index (χ1n) is 8.57. The molecule has 1 saturated heterocycles. The summed E-state index contributed by atoms with van der Waals surface area (Å²) in [5.41, 5.74) is 3.70. The van der Waals surface area contributed by atoms with E-state index >= 15 is 0 Å². The fraction of sp³-hybridized carbons (Fsp3) is 0.286. The van der Waals surface area contributed by atoms with E-state index in [0.717, 1.165) is 43.9 Å². The average Bonchev–Trinajstić information content (AvgIpc) is 3.29. The minimum atomic E-state index is 0.103. The molecular formula is C21H21NO2. The van der Waals surface area contributed by atoms with Gasteiger partial charge in [-0.05, 0) is 35.3 Å². The molecule has 0 saturated carbocycles. The van der Waals surface area contributed by atoms with Crippen LogP contribution in [0, 0.1) is 0 Å². The number of nitrogens with zero attached hydrogens (tertiary/aromatic N) is 1. The molecule has 0 N–H and O–H groups in total. The number of rotatable bonds is 3. The minimum absolute atomic E-state index is 0.103. The number of likely N-dealkylation sites (tertiary alicyclic amines) is 1. The molecule has 2 aliphatic rings. The topological polar surface area (TPSA) is 29.5 Å². The van der Waals surface area contributed by atoms with Gasteiger partial charge in [0.25, 0.3) is 0 Å². The highest BCUT2D eigenvalue weighted by atomic mass is 16.5. The van der Waals surface area contributed by atoms with Gasteiger partial charge in [-0.2, -0.15) is 0 Å². The first-order valence-corrected chi connectivity index (χ1v) is 8.57. The summed E-state index contributed by atoms with van der Waals surface area (Å²) >= 11 is 0. The van der Waals surface area contributed by atoms with Crippen molar-refractivity contribution in [3.05, 3.63) is 71.3 Å². The number of benzene rings is 2. The zero-order chi connectivity index (χ0) is 16.4. The van der Waals surface area contributed by atoms with Crippen LogP contribution in [0.3, 0.4) is 0 Å². The van der Waals surface area contributed by atoms with Crippen molar-refractivity contribution >= 4 is 12.0 Å². The van der Waals surface area contributed by atoms with Crippen LogP contribution >= 0.6 is 0 Å². The second-order valence-electron chi connectivity index (χ2n) is 6.48. The lowest BCUT2D eigenvalue weighted by molar-refractivity contribution is -0.124. The van der Waals surface area contributed by atoms with E-state index in [-0.39, 0.29) is 5.91 Å². The molecule has 1 fully saturated rings. The normalized spacial score (nSPS) is 19.5. The minimum Gasteiger partial charge on any atom is -0.493 e. The predicted octanol–water partition coefficient (Wildman–Crippen LogP) is 3.65. The quantitative estimate of drug-likeness (QED) is 0.808. The lowest BCUT2D eigenvalue weighted by Crippen LogP contribution is -2.26. The van der Waals surface area contributed by atoms with Gasteiger partial charge in [0.2, 0.25) is 5.91 Å². The molecule has 4 rings (SSSR count). The number of fused-ring (bicyclic) bond motifs is 1. The summed E-state index contributed by atoms with van der Waals surface area (Å²) in [5.74, 6) is 1.56. The van der Waals surface area contributed by atoms with Crippen LogP contribution in [0.25, 0.3) is 6.08 Å². The molecule has 2 heterocycles. The highest BCUT2D eigenvalue weighted by molar-refractivity contribution is 5.92. The van der Waals surface area contributed by atoms with Crippen LogP contribution < -0.4 is 4.74 Å². The third-order valence-electron chi connectivity index (χ3n) is 4.90. The van der Waals surface area contributed by atoms with E-state index in [1.165, 1.54) is 11.1 Å². The number of amides is 1. The standard InChI is InChI=1S/C21H21NO2/c23-21(9-6-16-4-2-1-3-5-16)22-12-10-19(15-22)17-7-8-20-18(14-17)11-13-24-20/h1-9,14,19H,10-13,15H2/b9-6+/t19-/m1/s1. The van der Waals surface area contributed by atoms with E-state index in [2.05, 4.69) is 18.2 Å². The van der Waals surface area contributed by atoms with E-state index in [4.69, 9.17) is 4.74 Å². The molecule has 1 amide bonds. The number of hydrogen-bond acceptors (Lipinski definition) is 2. The van der Waals surface area contributed by atoms with Gasteiger partial charge in [0.05, 0.1) is 6.61 Å². The van der Waals surface area contributed by atoms with Crippen LogP contribution in [0.1, 0.15) is 29.0 Å². The monoisotopic (exact) mass is 319 g/mol. The molecule has 1 atom stereocenters. The van der Waals surface area contributed by atoms with E-state index < -0.39 is 0 Å². The third kappa shape index (κ3) is 3.07. The van der Waals surface area contributed by atoms with Gasteiger partial charge < -0.3 is 9.64 Å². The average molecular weight is 319 g/mol. The Hall–Kier alpha value is -2.55. The summed E-state index contributed by atoms with van der Waals surface area (Å²) in [5, 5.41) is 0. The smallest absolute Gasteiger partial charge is 0.246 e. The molecule has 122 valence electrons. The Kier molecular flexibility index (Phi) is 4.08. The number of hydrogen-bond donors (Lipinski definition) is 0. The molecule has 3 nitrogen and oxygen atoms in total. The second-order valence-corrected chi connectivity index (χ2v) is 6.48. The fourth-order valence-electron chi connectivity index (χ4n) is 3.53. The first-order chi connectivity index (χ1) is 11.8. The van der Waals surface area contributed by atoms with Crippen molar-refractivity contribution in [1.29, 1.82) is 0 Å². The van der Waals surface area contributed by atoms with Crippen molar-refractivity contribution in [2.24, 2.45) is 0 Å². The number of carbonyl (C=O) groups excluding carboxylic acids is 1. The maximum Gasteiger partial charge on any atom is 0.246 e. The Morgan fingerprint density at radius 2 is 2.04 bits per heavy atom. The van der Waals surface area contributed by atoms with Gasteiger partial charge in [-0.1, -0.05) is 42.5 Å². The molecular weight excluding hydrogens is 298 g/mol. The summed E-state index contributed by atoms with van der Waals surface area (Å²) in [6, 6.07) is 16.4. The Labute approximate surface area is 142 Å². The van der Waals surface area contributed by atoms with Crippen molar-refractivity contribution in [1.82, 2.24) is 4.90 Å². The van der Waals surface area contributed by atoms with E-state index in [0.29, 0.717) is 5.92 Å². The molecule has 2 aliphatic heterocycles. The predicted molar refractivity (Wildman–Crippen MR) is 95.1 cm³/mol. The van der Waals surface area contributed by atoms with Crippen LogP contribution in [-0.4, -0.2) is 30.5 Å². The van der Waals surface area contributed by atoms with Gasteiger partial charge in [-0.15, -0.1) is 0 Å². The Morgan fingerprint density at radius 1 is 1.17 bits per heavy atom. The van der Waals surface area contributed by atoms with Crippen molar-refractivity contribution in [2.45, 2.75) is 18.8 Å². The SMILES string of the molecule is O=C(/C=C/c1ccccc1)N1CC[C@@H](c2ccc3c(c2)CCO3)C1. The molecule has 2 aromatic carbocycles. The molecule has 0 bridgehead atoms. The zero-order valence-electron chi connectivity index (χ0n) is 13.7. The van der Waals surface area contributed by atoms with E-state index in [1.54, 1.807) is 6.08 Å². The third-order valence-corrected chi connectivity index (χ3v) is 4.90. The molecule has 24 heavy (non-hydrogen) atoms. The largest absolute Gasteiger partial charge is 0.493 e. The van der Waals surface area contributed by atoms with Crippen LogP contribution in [0.4, 0.5) is 0 Å². The van der Waals surface area contributed by atoms with Crippen LogP contribution in [0.5, 0.6) is 5.75 Å². The lowest BCUT2D eigenvalue weighted by Gasteiger charge is -2.15. The first kappa shape index (κ1) is 15.0. The van der Waals surface area contributed by atoms with E-state index in [1.807, 2.05) is 41.3 Å². The Morgan fingerprint density at radius 3 is 2.92 bits per heavy atom. The highest BCUT2D eigenvalue weighted by Gasteiger charge is 2.27. The van der Waals surface area contributed by atoms with Gasteiger partial charge in [0.15, 0.2) is 0 Å². The molecule has 2 aromatic rings. The van der Waals surface area contributed by atoms with Crippen molar-refractivity contribution in [3.63, 3.8) is 0 Å². The molecule has 0 spiro atoms. The second kappa shape index (κ2) is 6.52. The van der Waals surface area contributed by atoms with Crippen LogP contribution in [0.2, 0.25) is 0 Å². The summed E-state index contributed by atoms with van der Waals surface area (Å²) in [7, 11) is 0. The maximum atomic E-state index is 12.4. The highest BCUT2D eigenvalue weighted by Crippen LogP contribution is 2.33. The van der Waals surface area contributed by atoms with Gasteiger partial charge in [-0.3, -0.25) is 4.79 Å². The molecule has 0 unspecified atom stereocenters. The Bertz CT molecular complexity index is 767. The summed E-state index contributed by atoms with van der Waals surface area (Å²) in [6.45, 7) is 2.42. The van der Waals surface area contributed by atoms with Crippen molar-refractivity contribution in [3.8, 4) is 5.75 Å². The number of ether oxygens (including phenoxy) is 1. The zero-order valence-corrected chi connectivity index (χ0v) is 13.7. The fourth-order valence-corrected chi connectivity index (χ4v) is 3.53. The van der Waals surface area contributed by atoms with Gasteiger partial charge >= 0.3 is 0 Å². The summed E-state index contributed by atoms with van der Waals surface area (Å²) < 4.78 is 5.58. The van der Waals surface area contributed by atoms with Gasteiger partial charge in [0, 0.05) is 31.5 Å². The summed E-state index contributed by atoms with van der Waals surface area (Å²) in [6.07, 6.45) is 5.61. The van der Waals surface area contributed by atoms with Crippen LogP contribution in [0.15, 0.2) is 54.6 Å². The Balaban J connectivity index is 1.41. The van der Waals surface area contributed by atoms with Gasteiger partial charge in [0.1, 0.15) is 5.75 Å². The van der Waals surface area contributed by atoms with Gasteiger partial charge in [-0.25, -0.2) is 0 Å². The lowest BCUT2D eigenvalue weighted by atomic mass is 9.96. The maximum absolute atomic E-state index is 12.4. The molecule has 3 heteroatoms. The van der Waals surface area contributed by atoms with Crippen LogP contribution in [-0.2, 0) is 11.2 Å². The van der Waals surface area contributed by atoms with Crippen molar-refractivity contribution < 1.29 is 9.53 Å². The molecule has 0 radical (unpaired) electrons. The number of carbonyl (C=O) groups is 1. The molecule has 0 aliphatic carbocycles.